The Kier molecular flexibility index (Phi) is 7.90. The Hall–Kier alpha value is -2.08. The molecule has 0 aliphatic rings. The van der Waals surface area contributed by atoms with E-state index in [1.807, 2.05) is 0 Å². The molecule has 1 rings (SSSR count). The fraction of sp³-hybridized carbons (Fsp3) is 0.538. The SMILES string of the molecule is CCS(=O)(=O)NCCCNC(=O)Nc1ccnc(OCC(F)(F)F)c1. The van der Waals surface area contributed by atoms with Gasteiger partial charge in [0.15, 0.2) is 6.61 Å². The quantitative estimate of drug-likeness (QED) is 0.559. The van der Waals surface area contributed by atoms with Crippen molar-refractivity contribution < 1.29 is 31.1 Å². The summed E-state index contributed by atoms with van der Waals surface area (Å²) in [6.45, 7) is 0.417. The minimum Gasteiger partial charge on any atom is -0.468 e. The van der Waals surface area contributed by atoms with Gasteiger partial charge in [0.2, 0.25) is 15.9 Å². The number of halogens is 3. The van der Waals surface area contributed by atoms with Crippen molar-refractivity contribution in [3.63, 3.8) is 0 Å². The normalized spacial score (nSPS) is 11.8. The Balaban J connectivity index is 2.35. The van der Waals surface area contributed by atoms with Gasteiger partial charge in [-0.1, -0.05) is 0 Å². The summed E-state index contributed by atoms with van der Waals surface area (Å²) in [6, 6.07) is 1.95. The Labute approximate surface area is 143 Å². The monoisotopic (exact) mass is 384 g/mol. The maximum atomic E-state index is 12.1. The zero-order valence-electron chi connectivity index (χ0n) is 13.4. The number of pyridine rings is 1. The number of anilines is 1. The molecule has 0 fully saturated rings. The first-order valence-corrected chi connectivity index (χ1v) is 8.94. The number of nitrogens with one attached hydrogen (secondary N) is 3. The summed E-state index contributed by atoms with van der Waals surface area (Å²) in [5.74, 6) is -0.300. The maximum absolute atomic E-state index is 12.1. The molecule has 0 unspecified atom stereocenters. The van der Waals surface area contributed by atoms with Gasteiger partial charge in [0, 0.05) is 31.0 Å². The van der Waals surface area contributed by atoms with Gasteiger partial charge < -0.3 is 15.4 Å². The molecule has 0 aliphatic carbocycles. The van der Waals surface area contributed by atoms with Crippen LogP contribution in [-0.4, -0.2) is 51.1 Å². The van der Waals surface area contributed by atoms with Crippen LogP contribution in [0.1, 0.15) is 13.3 Å². The number of aromatic nitrogens is 1. The average Bonchev–Trinajstić information content (AvgIpc) is 2.52. The van der Waals surface area contributed by atoms with Gasteiger partial charge in [-0.05, 0) is 19.4 Å². The molecule has 0 bridgehead atoms. The predicted molar refractivity (Wildman–Crippen MR) is 84.9 cm³/mol. The minimum absolute atomic E-state index is 0.0261. The highest BCUT2D eigenvalue weighted by atomic mass is 32.2. The van der Waals surface area contributed by atoms with Gasteiger partial charge >= 0.3 is 12.2 Å². The van der Waals surface area contributed by atoms with Gasteiger partial charge in [0.05, 0.1) is 5.75 Å². The number of alkyl halides is 3. The van der Waals surface area contributed by atoms with Crippen LogP contribution in [0.3, 0.4) is 0 Å². The largest absolute Gasteiger partial charge is 0.468 e. The van der Waals surface area contributed by atoms with Crippen molar-refractivity contribution in [2.45, 2.75) is 19.5 Å². The minimum atomic E-state index is -4.48. The summed E-state index contributed by atoms with van der Waals surface area (Å²) in [4.78, 5) is 15.3. The molecule has 0 saturated heterocycles. The van der Waals surface area contributed by atoms with Gasteiger partial charge in [0.25, 0.3) is 0 Å². The van der Waals surface area contributed by atoms with E-state index in [-0.39, 0.29) is 30.4 Å². The highest BCUT2D eigenvalue weighted by Crippen LogP contribution is 2.19. The number of nitrogens with zero attached hydrogens (tertiary/aromatic N) is 1. The van der Waals surface area contributed by atoms with Crippen molar-refractivity contribution in [3.8, 4) is 5.88 Å². The van der Waals surface area contributed by atoms with Gasteiger partial charge in [-0.2, -0.15) is 13.2 Å². The first kappa shape index (κ1) is 21.0. The number of hydrogen-bond acceptors (Lipinski definition) is 5. The maximum Gasteiger partial charge on any atom is 0.422 e. The molecule has 142 valence electrons. The number of rotatable bonds is 9. The van der Waals surface area contributed by atoms with E-state index >= 15 is 0 Å². The summed E-state index contributed by atoms with van der Waals surface area (Å²) in [6.07, 6.45) is -2.91. The van der Waals surface area contributed by atoms with Crippen LogP contribution in [0.15, 0.2) is 18.3 Å². The molecule has 0 spiro atoms. The van der Waals surface area contributed by atoms with E-state index in [9.17, 15) is 26.4 Å². The number of carbonyl (C=O) groups excluding carboxylic acids is 1. The Morgan fingerprint density at radius 3 is 2.68 bits per heavy atom. The Morgan fingerprint density at radius 1 is 1.32 bits per heavy atom. The second-order valence-corrected chi connectivity index (χ2v) is 6.91. The van der Waals surface area contributed by atoms with Crippen LogP contribution in [0.2, 0.25) is 0 Å². The van der Waals surface area contributed by atoms with Crippen LogP contribution < -0.4 is 20.1 Å². The van der Waals surface area contributed by atoms with Gasteiger partial charge in [-0.3, -0.25) is 0 Å². The van der Waals surface area contributed by atoms with Crippen molar-refractivity contribution in [3.05, 3.63) is 18.3 Å². The molecule has 1 aromatic rings. The molecule has 0 radical (unpaired) electrons. The van der Waals surface area contributed by atoms with Gasteiger partial charge in [0.1, 0.15) is 0 Å². The van der Waals surface area contributed by atoms with Crippen molar-refractivity contribution in [2.75, 3.05) is 30.8 Å². The van der Waals surface area contributed by atoms with Gasteiger partial charge in [-0.15, -0.1) is 0 Å². The molecule has 0 atom stereocenters. The van der Waals surface area contributed by atoms with Crippen LogP contribution in [0.25, 0.3) is 0 Å². The fourth-order valence-corrected chi connectivity index (χ4v) is 2.18. The predicted octanol–water partition coefficient (Wildman–Crippen LogP) is 1.47. The Morgan fingerprint density at radius 2 is 2.04 bits per heavy atom. The first-order chi connectivity index (χ1) is 11.6. The summed E-state index contributed by atoms with van der Waals surface area (Å²) >= 11 is 0. The van der Waals surface area contributed by atoms with E-state index in [1.165, 1.54) is 19.2 Å². The molecule has 0 aromatic carbocycles. The van der Waals surface area contributed by atoms with Crippen LogP contribution >= 0.6 is 0 Å². The third kappa shape index (κ3) is 9.72. The third-order valence-electron chi connectivity index (χ3n) is 2.72. The second kappa shape index (κ2) is 9.42. The van der Waals surface area contributed by atoms with E-state index in [0.29, 0.717) is 6.42 Å². The molecule has 1 heterocycles. The summed E-state index contributed by atoms with van der Waals surface area (Å²) in [7, 11) is -3.27. The molecule has 25 heavy (non-hydrogen) atoms. The second-order valence-electron chi connectivity index (χ2n) is 4.82. The molecule has 8 nitrogen and oxygen atoms in total. The molecular formula is C13H19F3N4O4S. The zero-order chi connectivity index (χ0) is 18.9. The summed E-state index contributed by atoms with van der Waals surface area (Å²) < 4.78 is 65.4. The summed E-state index contributed by atoms with van der Waals surface area (Å²) in [5.41, 5.74) is 0.205. The molecule has 12 heteroatoms. The van der Waals surface area contributed by atoms with E-state index < -0.39 is 28.8 Å². The van der Waals surface area contributed by atoms with Crippen molar-refractivity contribution in [1.82, 2.24) is 15.0 Å². The molecule has 3 N–H and O–H groups in total. The number of ether oxygens (including phenoxy) is 1. The number of carbonyl (C=O) groups is 1. The topological polar surface area (TPSA) is 109 Å². The van der Waals surface area contributed by atoms with Crippen LogP contribution in [-0.2, 0) is 10.0 Å². The van der Waals surface area contributed by atoms with E-state index in [2.05, 4.69) is 25.1 Å². The van der Waals surface area contributed by atoms with E-state index in [4.69, 9.17) is 0 Å². The molecule has 0 aliphatic heterocycles. The van der Waals surface area contributed by atoms with Crippen LogP contribution in [0.4, 0.5) is 23.7 Å². The van der Waals surface area contributed by atoms with E-state index in [1.54, 1.807) is 0 Å². The lowest BCUT2D eigenvalue weighted by atomic mass is 10.4. The molecular weight excluding hydrogens is 365 g/mol. The first-order valence-electron chi connectivity index (χ1n) is 7.29. The molecule has 2 amide bonds. The lowest BCUT2D eigenvalue weighted by Crippen LogP contribution is -2.32. The lowest BCUT2D eigenvalue weighted by molar-refractivity contribution is -0.154. The highest BCUT2D eigenvalue weighted by Gasteiger charge is 2.28. The zero-order valence-corrected chi connectivity index (χ0v) is 14.2. The van der Waals surface area contributed by atoms with Crippen molar-refractivity contribution in [2.24, 2.45) is 0 Å². The van der Waals surface area contributed by atoms with Crippen molar-refractivity contribution >= 4 is 21.7 Å². The number of hydrogen-bond donors (Lipinski definition) is 3. The standard InChI is InChI=1S/C13H19F3N4O4S/c1-2-25(22,23)19-6-3-5-18-12(21)20-10-4-7-17-11(8-10)24-9-13(14,15)16/h4,7-8,19H,2-3,5-6,9H2,1H3,(H2,17,18,20,21). The average molecular weight is 384 g/mol. The Bertz CT molecular complexity index is 667. The lowest BCUT2D eigenvalue weighted by Gasteiger charge is -2.10. The fourth-order valence-electron chi connectivity index (χ4n) is 1.52. The van der Waals surface area contributed by atoms with Crippen molar-refractivity contribution in [1.29, 1.82) is 0 Å². The number of urea groups is 1. The van der Waals surface area contributed by atoms with E-state index in [0.717, 1.165) is 6.07 Å². The number of sulfonamides is 1. The molecule has 1 aromatic heterocycles. The molecule has 0 saturated carbocycles. The summed E-state index contributed by atoms with van der Waals surface area (Å²) in [5, 5.41) is 4.89. The highest BCUT2D eigenvalue weighted by molar-refractivity contribution is 7.89. The smallest absolute Gasteiger partial charge is 0.422 e. The number of amides is 2. The van der Waals surface area contributed by atoms with Gasteiger partial charge in [-0.25, -0.2) is 22.9 Å². The third-order valence-corrected chi connectivity index (χ3v) is 4.12. The van der Waals surface area contributed by atoms with Crippen LogP contribution in [0, 0.1) is 0 Å². The van der Waals surface area contributed by atoms with Crippen LogP contribution in [0.5, 0.6) is 5.88 Å².